The number of carbonyl (C=O) groups excluding carboxylic acids is 6. The topological polar surface area (TPSA) is 293 Å². The first-order valence-electron chi connectivity index (χ1n) is 19.4. The van der Waals surface area contributed by atoms with Crippen molar-refractivity contribution in [3.05, 3.63) is 30.1 Å². The van der Waals surface area contributed by atoms with Crippen LogP contribution in [-0.4, -0.2) is 130 Å². The Balaban J connectivity index is 2.07. The van der Waals surface area contributed by atoms with Gasteiger partial charge >= 0.3 is 0 Å². The van der Waals surface area contributed by atoms with Crippen LogP contribution in [0.2, 0.25) is 0 Å². The minimum atomic E-state index is -4.03. The minimum Gasteiger partial charge on any atom is -0.356 e. The number of aryl methyl sites for hydroxylation is 1. The second-order valence-corrected chi connectivity index (χ2v) is 15.3. The number of amides is 6. The lowest BCUT2D eigenvalue weighted by atomic mass is 10.1. The molecule has 0 aliphatic heterocycles. The van der Waals surface area contributed by atoms with E-state index in [0.717, 1.165) is 5.56 Å². The minimum absolute atomic E-state index is 0.0698. The van der Waals surface area contributed by atoms with Crippen LogP contribution in [0.4, 0.5) is 0 Å². The van der Waals surface area contributed by atoms with Crippen molar-refractivity contribution in [3.63, 3.8) is 0 Å². The Bertz CT molecular complexity index is 1520. The van der Waals surface area contributed by atoms with E-state index in [2.05, 4.69) is 16.0 Å². The molecule has 1 unspecified atom stereocenters. The molecule has 0 fully saturated rings. The molecule has 1 aromatic heterocycles. The number of hydrogen-bond donors (Lipinski definition) is 8. The second kappa shape index (κ2) is 29.0. The molecule has 1 rings (SSSR count). The van der Waals surface area contributed by atoms with E-state index in [-0.39, 0.29) is 81.6 Å². The van der Waals surface area contributed by atoms with Crippen LogP contribution in [-0.2, 0) is 51.9 Å². The molecular weight excluding hydrogens is 769 g/mol. The zero-order chi connectivity index (χ0) is 42.6. The van der Waals surface area contributed by atoms with Gasteiger partial charge in [-0.2, -0.15) is 8.42 Å². The molecule has 20 nitrogen and oxygen atoms in total. The molecule has 1 aromatic rings. The maximum Gasteiger partial charge on any atom is 0.265 e. The first-order valence-corrected chi connectivity index (χ1v) is 21.0. The summed E-state index contributed by atoms with van der Waals surface area (Å²) < 4.78 is 32.4. The summed E-state index contributed by atoms with van der Waals surface area (Å²) in [5.41, 5.74) is 6.84. The van der Waals surface area contributed by atoms with Crippen LogP contribution in [0.1, 0.15) is 102 Å². The van der Waals surface area contributed by atoms with Crippen LogP contribution >= 0.6 is 0 Å². The van der Waals surface area contributed by atoms with E-state index in [1.807, 2.05) is 0 Å². The summed E-state index contributed by atoms with van der Waals surface area (Å²) in [6.45, 7) is 3.08. The monoisotopic (exact) mass is 831 g/mol. The maximum absolute atomic E-state index is 12.4. The molecule has 1 atom stereocenters. The van der Waals surface area contributed by atoms with Crippen molar-refractivity contribution in [3.8, 4) is 0 Å². The molecule has 0 bridgehead atoms. The Kier molecular flexibility index (Phi) is 25.8. The predicted octanol–water partition coefficient (Wildman–Crippen LogP) is 0.215. The van der Waals surface area contributed by atoms with E-state index in [9.17, 15) is 52.8 Å². The lowest BCUT2D eigenvalue weighted by Gasteiger charge is -2.15. The number of hydrogen-bond acceptors (Lipinski definition) is 12. The molecule has 6 amide bonds. The van der Waals surface area contributed by atoms with Gasteiger partial charge in [0.15, 0.2) is 12.4 Å². The molecule has 0 aromatic carbocycles. The average Bonchev–Trinajstić information content (AvgIpc) is 3.15. The van der Waals surface area contributed by atoms with Crippen LogP contribution in [0.5, 0.6) is 0 Å². The Morgan fingerprint density at radius 3 is 1.65 bits per heavy atom. The van der Waals surface area contributed by atoms with Crippen LogP contribution in [0.25, 0.3) is 0 Å². The van der Waals surface area contributed by atoms with Gasteiger partial charge in [0.1, 0.15) is 6.54 Å². The van der Waals surface area contributed by atoms with Gasteiger partial charge in [-0.3, -0.25) is 48.9 Å². The third-order valence-electron chi connectivity index (χ3n) is 8.69. The van der Waals surface area contributed by atoms with Gasteiger partial charge in [0.25, 0.3) is 10.1 Å². The Morgan fingerprint density at radius 2 is 1.18 bits per heavy atom. The van der Waals surface area contributed by atoms with Crippen LogP contribution < -0.4 is 26.3 Å². The smallest absolute Gasteiger partial charge is 0.265 e. The van der Waals surface area contributed by atoms with Crippen LogP contribution in [0.15, 0.2) is 24.5 Å². The lowest BCUT2D eigenvalue weighted by Crippen LogP contribution is -2.43. The third-order valence-corrected chi connectivity index (χ3v) is 9.49. The summed E-state index contributed by atoms with van der Waals surface area (Å²) in [5.74, 6) is -2.96. The number of aromatic nitrogens is 1. The number of nitrogens with zero attached hydrogens (tertiary/aromatic N) is 4. The van der Waals surface area contributed by atoms with E-state index < -0.39 is 33.9 Å². The van der Waals surface area contributed by atoms with Crippen molar-refractivity contribution in [1.29, 1.82) is 0 Å². The zero-order valence-corrected chi connectivity index (χ0v) is 33.8. The number of nitrogens with one attached hydrogen (secondary N) is 3. The number of carbonyl (C=O) groups is 6. The van der Waals surface area contributed by atoms with Gasteiger partial charge in [-0.25, -0.2) is 19.8 Å². The normalized spacial score (nSPS) is 11.7. The standard InChI is InChI=1S/C36H62N8O12S/c1-29(45)42(51)23-8-2-5-18-38-32(46)14-16-34(48)43(52)24-9-3-6-19-39-33(47)15-17-35(49)44(53)25-10-4-7-20-40-36(50)31(37)27-30-13-11-21-41(28-30)22-12-26-57(54,55)56/h11,13,21,28,31,51-53H,2-10,12,14-20,22-27,37H2,1H3,(H3-,38,39,40,46,47,50,54,55,56)/p+1. The van der Waals surface area contributed by atoms with Gasteiger partial charge in [0.2, 0.25) is 35.4 Å². The fraction of sp³-hybridized carbons (Fsp3) is 0.694. The molecule has 0 aliphatic rings. The average molecular weight is 832 g/mol. The molecule has 1 heterocycles. The van der Waals surface area contributed by atoms with E-state index in [1.54, 1.807) is 29.1 Å². The van der Waals surface area contributed by atoms with Crippen molar-refractivity contribution >= 4 is 45.6 Å². The number of nitrogens with two attached hydrogens (primary N) is 1. The summed E-state index contributed by atoms with van der Waals surface area (Å²) in [5, 5.41) is 39.2. The molecule has 0 aliphatic carbocycles. The molecule has 0 saturated carbocycles. The molecule has 0 radical (unpaired) electrons. The van der Waals surface area contributed by atoms with Crippen molar-refractivity contribution in [1.82, 2.24) is 31.1 Å². The lowest BCUT2D eigenvalue weighted by molar-refractivity contribution is -0.697. The summed E-state index contributed by atoms with van der Waals surface area (Å²) in [6, 6.07) is 2.77. The first-order chi connectivity index (χ1) is 27.0. The van der Waals surface area contributed by atoms with Gasteiger partial charge < -0.3 is 21.7 Å². The highest BCUT2D eigenvalue weighted by molar-refractivity contribution is 7.85. The Labute approximate surface area is 334 Å². The Morgan fingerprint density at radius 1 is 0.702 bits per heavy atom. The molecule has 324 valence electrons. The van der Waals surface area contributed by atoms with Crippen molar-refractivity contribution in [2.45, 2.75) is 116 Å². The number of unbranched alkanes of at least 4 members (excludes halogenated alkanes) is 6. The molecule has 0 spiro atoms. The molecule has 0 saturated heterocycles. The Hall–Kier alpha value is -4.28. The van der Waals surface area contributed by atoms with E-state index in [1.165, 1.54) is 6.92 Å². The fourth-order valence-corrected chi connectivity index (χ4v) is 5.88. The summed E-state index contributed by atoms with van der Waals surface area (Å²) in [4.78, 5) is 71.7. The van der Waals surface area contributed by atoms with Gasteiger partial charge in [0, 0.05) is 96.3 Å². The van der Waals surface area contributed by atoms with E-state index in [0.29, 0.717) is 99.2 Å². The number of hydroxylamine groups is 6. The molecule has 9 N–H and O–H groups in total. The van der Waals surface area contributed by atoms with Gasteiger partial charge in [0.05, 0.1) is 11.8 Å². The molecular formula is C36H63N8O12S+. The van der Waals surface area contributed by atoms with Crippen LogP contribution in [0.3, 0.4) is 0 Å². The fourth-order valence-electron chi connectivity index (χ4n) is 5.38. The first kappa shape index (κ1) is 50.7. The maximum atomic E-state index is 12.4. The zero-order valence-electron chi connectivity index (χ0n) is 33.0. The SMILES string of the molecule is CC(=O)N(O)CCCCCNC(=O)CCC(=O)N(O)CCCCCNC(=O)CCC(=O)N(O)CCCCCNC(=O)C(N)Cc1ccc[n+](CCCS(=O)(=O)O)c1. The van der Waals surface area contributed by atoms with E-state index >= 15 is 0 Å². The predicted molar refractivity (Wildman–Crippen MR) is 205 cm³/mol. The van der Waals surface area contributed by atoms with Crippen molar-refractivity contribution < 1.29 is 61.9 Å². The number of rotatable bonds is 31. The highest BCUT2D eigenvalue weighted by Crippen LogP contribution is 2.05. The van der Waals surface area contributed by atoms with Crippen molar-refractivity contribution in [2.75, 3.05) is 45.0 Å². The quantitative estimate of drug-likeness (QED) is 0.0164. The van der Waals surface area contributed by atoms with Gasteiger partial charge in [-0.05, 0) is 63.9 Å². The summed E-state index contributed by atoms with van der Waals surface area (Å²) >= 11 is 0. The highest BCUT2D eigenvalue weighted by Gasteiger charge is 2.17. The molecule has 57 heavy (non-hydrogen) atoms. The van der Waals surface area contributed by atoms with Gasteiger partial charge in [-0.15, -0.1) is 0 Å². The van der Waals surface area contributed by atoms with Gasteiger partial charge in [-0.1, -0.05) is 0 Å². The third kappa shape index (κ3) is 26.3. The molecule has 21 heteroatoms. The van der Waals surface area contributed by atoms with E-state index in [4.69, 9.17) is 10.3 Å². The van der Waals surface area contributed by atoms with Crippen molar-refractivity contribution in [2.24, 2.45) is 5.73 Å². The van der Waals surface area contributed by atoms with Crippen LogP contribution in [0, 0.1) is 0 Å². The largest absolute Gasteiger partial charge is 0.356 e. The number of pyridine rings is 1. The summed E-state index contributed by atoms with van der Waals surface area (Å²) in [7, 11) is -4.03. The second-order valence-electron chi connectivity index (χ2n) is 13.7. The highest BCUT2D eigenvalue weighted by atomic mass is 32.2. The summed E-state index contributed by atoms with van der Waals surface area (Å²) in [6.07, 6.45) is 8.79.